The zero-order valence-corrected chi connectivity index (χ0v) is 11.1. The number of anilines is 1. The highest BCUT2D eigenvalue weighted by molar-refractivity contribution is 6.31. The Hall–Kier alpha value is -1.11. The lowest BCUT2D eigenvalue weighted by Crippen LogP contribution is -2.47. The lowest BCUT2D eigenvalue weighted by Gasteiger charge is -2.35. The van der Waals surface area contributed by atoms with Crippen molar-refractivity contribution in [2.24, 2.45) is 0 Å². The number of aliphatic hydroxyl groups is 1. The molecule has 100 valence electrons. The second-order valence-electron chi connectivity index (χ2n) is 4.07. The standard InChI is InChI=1S/C11H17ClN4O2/c1-18-9-10(12)13-8-14-11(9)16-4-2-15(3-5-16)6-7-17/h8,17H,2-7H2,1H3. The topological polar surface area (TPSA) is 61.7 Å². The Morgan fingerprint density at radius 3 is 2.67 bits per heavy atom. The van der Waals surface area contributed by atoms with Crippen LogP contribution in [0.15, 0.2) is 6.33 Å². The van der Waals surface area contributed by atoms with Gasteiger partial charge in [-0.1, -0.05) is 11.6 Å². The lowest BCUT2D eigenvalue weighted by atomic mass is 10.3. The summed E-state index contributed by atoms with van der Waals surface area (Å²) in [4.78, 5) is 12.5. The third-order valence-corrected chi connectivity index (χ3v) is 3.30. The van der Waals surface area contributed by atoms with Crippen molar-refractivity contribution in [2.75, 3.05) is 51.3 Å². The van der Waals surface area contributed by atoms with Crippen LogP contribution in [0.5, 0.6) is 5.75 Å². The molecule has 2 rings (SSSR count). The summed E-state index contributed by atoms with van der Waals surface area (Å²) in [5.74, 6) is 1.26. The molecule has 1 aliphatic rings. The fourth-order valence-corrected chi connectivity index (χ4v) is 2.27. The summed E-state index contributed by atoms with van der Waals surface area (Å²) in [6.07, 6.45) is 1.44. The van der Waals surface area contributed by atoms with Crippen LogP contribution in [0.1, 0.15) is 0 Å². The number of ether oxygens (including phenoxy) is 1. The molecule has 7 heteroatoms. The number of hydrogen-bond acceptors (Lipinski definition) is 6. The molecule has 1 fully saturated rings. The molecule has 0 unspecified atom stereocenters. The van der Waals surface area contributed by atoms with Gasteiger partial charge in [0, 0.05) is 32.7 Å². The van der Waals surface area contributed by atoms with E-state index in [-0.39, 0.29) is 6.61 Å². The molecular formula is C11H17ClN4O2. The molecule has 0 saturated carbocycles. The molecule has 0 bridgehead atoms. The van der Waals surface area contributed by atoms with Crippen molar-refractivity contribution in [1.82, 2.24) is 14.9 Å². The van der Waals surface area contributed by atoms with Crippen molar-refractivity contribution in [3.8, 4) is 5.75 Å². The molecule has 1 N–H and O–H groups in total. The normalized spacial score (nSPS) is 16.9. The number of methoxy groups -OCH3 is 1. The SMILES string of the molecule is COc1c(Cl)ncnc1N1CCN(CCO)CC1. The van der Waals surface area contributed by atoms with Crippen LogP contribution in [0.3, 0.4) is 0 Å². The molecule has 0 radical (unpaired) electrons. The Morgan fingerprint density at radius 1 is 1.33 bits per heavy atom. The first-order valence-corrected chi connectivity index (χ1v) is 6.26. The maximum absolute atomic E-state index is 8.91. The van der Waals surface area contributed by atoms with E-state index in [1.54, 1.807) is 7.11 Å². The van der Waals surface area contributed by atoms with E-state index in [2.05, 4.69) is 19.8 Å². The minimum Gasteiger partial charge on any atom is -0.490 e. The van der Waals surface area contributed by atoms with Gasteiger partial charge in [0.1, 0.15) is 6.33 Å². The van der Waals surface area contributed by atoms with Crippen LogP contribution in [0.25, 0.3) is 0 Å². The van der Waals surface area contributed by atoms with E-state index < -0.39 is 0 Å². The third kappa shape index (κ3) is 2.82. The molecule has 0 aromatic carbocycles. The first-order chi connectivity index (χ1) is 8.76. The van der Waals surface area contributed by atoms with Gasteiger partial charge in [-0.3, -0.25) is 4.90 Å². The Morgan fingerprint density at radius 2 is 2.06 bits per heavy atom. The number of rotatable bonds is 4. The molecule has 1 saturated heterocycles. The predicted molar refractivity (Wildman–Crippen MR) is 69.3 cm³/mol. The van der Waals surface area contributed by atoms with Crippen LogP contribution in [-0.4, -0.2) is 66.4 Å². The summed E-state index contributed by atoms with van der Waals surface area (Å²) >= 11 is 5.98. The van der Waals surface area contributed by atoms with Gasteiger partial charge in [-0.25, -0.2) is 9.97 Å². The lowest BCUT2D eigenvalue weighted by molar-refractivity contribution is 0.188. The van der Waals surface area contributed by atoms with E-state index in [9.17, 15) is 0 Å². The molecule has 0 aliphatic carbocycles. The van der Waals surface area contributed by atoms with Crippen molar-refractivity contribution in [3.05, 3.63) is 11.5 Å². The van der Waals surface area contributed by atoms with Crippen molar-refractivity contribution in [2.45, 2.75) is 0 Å². The second-order valence-corrected chi connectivity index (χ2v) is 4.43. The maximum atomic E-state index is 8.91. The van der Waals surface area contributed by atoms with E-state index >= 15 is 0 Å². The van der Waals surface area contributed by atoms with E-state index in [0.29, 0.717) is 10.9 Å². The van der Waals surface area contributed by atoms with Gasteiger partial charge in [-0.15, -0.1) is 0 Å². The second kappa shape index (κ2) is 6.17. The highest BCUT2D eigenvalue weighted by atomic mass is 35.5. The summed E-state index contributed by atoms with van der Waals surface area (Å²) in [5, 5.41) is 9.24. The van der Waals surface area contributed by atoms with Gasteiger partial charge in [0.25, 0.3) is 0 Å². The Labute approximate surface area is 111 Å². The highest BCUT2D eigenvalue weighted by Gasteiger charge is 2.22. The molecule has 0 spiro atoms. The van der Waals surface area contributed by atoms with Crippen molar-refractivity contribution < 1.29 is 9.84 Å². The summed E-state index contributed by atoms with van der Waals surface area (Å²) in [5.41, 5.74) is 0. The number of β-amino-alcohol motifs (C(OH)–C–C–N with tert-alkyl or cyclic N) is 1. The maximum Gasteiger partial charge on any atom is 0.199 e. The molecule has 0 amide bonds. The molecule has 18 heavy (non-hydrogen) atoms. The number of aromatic nitrogens is 2. The smallest absolute Gasteiger partial charge is 0.199 e. The molecule has 1 aromatic heterocycles. The largest absolute Gasteiger partial charge is 0.490 e. The van der Waals surface area contributed by atoms with Crippen molar-refractivity contribution in [1.29, 1.82) is 0 Å². The Balaban J connectivity index is 2.07. The number of aliphatic hydroxyl groups excluding tert-OH is 1. The first kappa shape index (κ1) is 13.3. The Bertz CT molecular complexity index is 397. The van der Waals surface area contributed by atoms with Crippen molar-refractivity contribution >= 4 is 17.4 Å². The van der Waals surface area contributed by atoms with Gasteiger partial charge in [0.15, 0.2) is 16.7 Å². The van der Waals surface area contributed by atoms with Gasteiger partial charge in [-0.05, 0) is 0 Å². The van der Waals surface area contributed by atoms with Gasteiger partial charge < -0.3 is 14.7 Å². The minimum absolute atomic E-state index is 0.197. The predicted octanol–water partition coefficient (Wildman–Crippen LogP) is 0.253. The van der Waals surface area contributed by atoms with Gasteiger partial charge >= 0.3 is 0 Å². The zero-order chi connectivity index (χ0) is 13.0. The zero-order valence-electron chi connectivity index (χ0n) is 10.3. The highest BCUT2D eigenvalue weighted by Crippen LogP contribution is 2.31. The number of hydrogen-bond donors (Lipinski definition) is 1. The summed E-state index contributed by atoms with van der Waals surface area (Å²) < 4.78 is 5.25. The van der Waals surface area contributed by atoms with E-state index in [1.807, 2.05) is 0 Å². The average Bonchev–Trinajstić information content (AvgIpc) is 2.40. The number of halogens is 1. The van der Waals surface area contributed by atoms with Crippen LogP contribution in [0.4, 0.5) is 5.82 Å². The van der Waals surface area contributed by atoms with Gasteiger partial charge in [0.2, 0.25) is 0 Å². The quantitative estimate of drug-likeness (QED) is 0.793. The van der Waals surface area contributed by atoms with Gasteiger partial charge in [-0.2, -0.15) is 0 Å². The first-order valence-electron chi connectivity index (χ1n) is 5.89. The number of nitrogens with zero attached hydrogens (tertiary/aromatic N) is 4. The number of piperazine rings is 1. The fourth-order valence-electron chi connectivity index (χ4n) is 2.07. The monoisotopic (exact) mass is 272 g/mol. The van der Waals surface area contributed by atoms with Crippen LogP contribution in [0.2, 0.25) is 5.15 Å². The summed E-state index contributed by atoms with van der Waals surface area (Å²) in [6, 6.07) is 0. The van der Waals surface area contributed by atoms with Gasteiger partial charge in [0.05, 0.1) is 13.7 Å². The molecule has 0 atom stereocenters. The summed E-state index contributed by atoms with van der Waals surface area (Å²) in [6.45, 7) is 4.38. The van der Waals surface area contributed by atoms with E-state index in [4.69, 9.17) is 21.4 Å². The molecular weight excluding hydrogens is 256 g/mol. The molecule has 1 aromatic rings. The third-order valence-electron chi connectivity index (χ3n) is 3.03. The van der Waals surface area contributed by atoms with Crippen LogP contribution in [-0.2, 0) is 0 Å². The van der Waals surface area contributed by atoms with Crippen LogP contribution >= 0.6 is 11.6 Å². The Kier molecular flexibility index (Phi) is 4.57. The van der Waals surface area contributed by atoms with Crippen LogP contribution in [0, 0.1) is 0 Å². The average molecular weight is 273 g/mol. The van der Waals surface area contributed by atoms with Crippen LogP contribution < -0.4 is 9.64 Å². The molecule has 6 nitrogen and oxygen atoms in total. The van der Waals surface area contributed by atoms with E-state index in [0.717, 1.165) is 38.5 Å². The van der Waals surface area contributed by atoms with Crippen molar-refractivity contribution in [3.63, 3.8) is 0 Å². The van der Waals surface area contributed by atoms with E-state index in [1.165, 1.54) is 6.33 Å². The molecule has 1 aliphatic heterocycles. The fraction of sp³-hybridized carbons (Fsp3) is 0.636. The molecule has 2 heterocycles. The summed E-state index contributed by atoms with van der Waals surface area (Å²) in [7, 11) is 1.57. The minimum atomic E-state index is 0.197.